The number of amides is 1. The number of hydrogen-bond acceptors (Lipinski definition) is 3. The second-order valence-electron chi connectivity index (χ2n) is 6.62. The van der Waals surface area contributed by atoms with Crippen LogP contribution in [0.4, 0.5) is 0 Å². The zero-order valence-electron chi connectivity index (χ0n) is 14.1. The van der Waals surface area contributed by atoms with E-state index >= 15 is 0 Å². The van der Waals surface area contributed by atoms with Crippen molar-refractivity contribution in [3.05, 3.63) is 29.3 Å². The molecule has 4 heteroatoms. The number of hydrogen-bond donors (Lipinski definition) is 1. The molecule has 122 valence electrons. The third kappa shape index (κ3) is 4.01. The van der Waals surface area contributed by atoms with Crippen molar-refractivity contribution in [2.75, 3.05) is 13.1 Å². The van der Waals surface area contributed by atoms with E-state index in [1.807, 2.05) is 24.0 Å². The van der Waals surface area contributed by atoms with Crippen LogP contribution in [0.25, 0.3) is 0 Å². The highest BCUT2D eigenvalue weighted by atomic mass is 16.5. The maximum Gasteiger partial charge on any atom is 0.263 e. The summed E-state index contributed by atoms with van der Waals surface area (Å²) in [5.41, 5.74) is 8.46. The Bertz CT molecular complexity index is 528. The maximum atomic E-state index is 12.5. The Labute approximate surface area is 133 Å². The second kappa shape index (κ2) is 7.14. The van der Waals surface area contributed by atoms with Crippen molar-refractivity contribution >= 4 is 5.91 Å². The first kappa shape index (κ1) is 16.8. The minimum absolute atomic E-state index is 0.0285. The summed E-state index contributed by atoms with van der Waals surface area (Å²) in [5, 5.41) is 0. The molecule has 0 bridgehead atoms. The summed E-state index contributed by atoms with van der Waals surface area (Å²) in [6.07, 6.45) is 1.49. The van der Waals surface area contributed by atoms with E-state index in [0.717, 1.165) is 25.1 Å². The monoisotopic (exact) mass is 304 g/mol. The molecule has 1 aromatic rings. The van der Waals surface area contributed by atoms with E-state index in [1.54, 1.807) is 0 Å². The standard InChI is InChI=1S/C18H28N2O2/c1-12(2)17-8-7-16(10-13(17)3)22-14(4)18(21)20-9-5-6-15(19)11-20/h7-8,10,12,14-15H,5-6,9,11,19H2,1-4H3. The normalized spacial score (nSPS) is 20.1. The van der Waals surface area contributed by atoms with Crippen molar-refractivity contribution in [2.24, 2.45) is 5.73 Å². The van der Waals surface area contributed by atoms with Crippen LogP contribution in [0.15, 0.2) is 18.2 Å². The van der Waals surface area contributed by atoms with Crippen molar-refractivity contribution in [3.63, 3.8) is 0 Å². The molecule has 2 rings (SSSR count). The molecule has 0 aromatic heterocycles. The molecule has 1 aliphatic heterocycles. The van der Waals surface area contributed by atoms with Crippen LogP contribution >= 0.6 is 0 Å². The Morgan fingerprint density at radius 1 is 1.36 bits per heavy atom. The van der Waals surface area contributed by atoms with Crippen LogP contribution < -0.4 is 10.5 Å². The molecular formula is C18H28N2O2. The van der Waals surface area contributed by atoms with Gasteiger partial charge in [0.25, 0.3) is 5.91 Å². The van der Waals surface area contributed by atoms with Crippen LogP contribution in [0, 0.1) is 6.92 Å². The van der Waals surface area contributed by atoms with E-state index in [9.17, 15) is 4.79 Å². The molecule has 2 atom stereocenters. The zero-order chi connectivity index (χ0) is 16.3. The lowest BCUT2D eigenvalue weighted by Crippen LogP contribution is -2.49. The molecule has 1 fully saturated rings. The highest BCUT2D eigenvalue weighted by molar-refractivity contribution is 5.81. The molecule has 1 heterocycles. The lowest BCUT2D eigenvalue weighted by molar-refractivity contribution is -0.139. The van der Waals surface area contributed by atoms with E-state index in [4.69, 9.17) is 10.5 Å². The number of nitrogens with two attached hydrogens (primary N) is 1. The fraction of sp³-hybridized carbons (Fsp3) is 0.611. The molecule has 2 N–H and O–H groups in total. The van der Waals surface area contributed by atoms with Gasteiger partial charge in [-0.15, -0.1) is 0 Å². The Hall–Kier alpha value is -1.55. The molecule has 22 heavy (non-hydrogen) atoms. The summed E-state index contributed by atoms with van der Waals surface area (Å²) in [6, 6.07) is 6.15. The Balaban J connectivity index is 2.00. The number of benzene rings is 1. The average Bonchev–Trinajstić information content (AvgIpc) is 2.46. The molecule has 1 saturated heterocycles. The number of nitrogens with zero attached hydrogens (tertiary/aromatic N) is 1. The third-order valence-electron chi connectivity index (χ3n) is 4.29. The van der Waals surface area contributed by atoms with Gasteiger partial charge in [-0.1, -0.05) is 19.9 Å². The minimum Gasteiger partial charge on any atom is -0.481 e. The first-order valence-corrected chi connectivity index (χ1v) is 8.20. The number of rotatable bonds is 4. The average molecular weight is 304 g/mol. The van der Waals surface area contributed by atoms with Gasteiger partial charge in [-0.2, -0.15) is 0 Å². The van der Waals surface area contributed by atoms with Gasteiger partial charge in [-0.3, -0.25) is 4.79 Å². The van der Waals surface area contributed by atoms with Gasteiger partial charge in [0.05, 0.1) is 0 Å². The van der Waals surface area contributed by atoms with Crippen LogP contribution in [0.1, 0.15) is 50.7 Å². The molecule has 2 unspecified atom stereocenters. The molecular weight excluding hydrogens is 276 g/mol. The fourth-order valence-corrected chi connectivity index (χ4v) is 3.09. The topological polar surface area (TPSA) is 55.6 Å². The lowest BCUT2D eigenvalue weighted by Gasteiger charge is -2.32. The molecule has 1 aliphatic rings. The van der Waals surface area contributed by atoms with Crippen LogP contribution in [0.3, 0.4) is 0 Å². The van der Waals surface area contributed by atoms with Crippen molar-refractivity contribution in [3.8, 4) is 5.75 Å². The largest absolute Gasteiger partial charge is 0.481 e. The second-order valence-corrected chi connectivity index (χ2v) is 6.62. The van der Waals surface area contributed by atoms with Crippen LogP contribution in [-0.4, -0.2) is 36.0 Å². The number of carbonyl (C=O) groups excluding carboxylic acids is 1. The summed E-state index contributed by atoms with van der Waals surface area (Å²) >= 11 is 0. The highest BCUT2D eigenvalue weighted by Gasteiger charge is 2.26. The van der Waals surface area contributed by atoms with Gasteiger partial charge in [0.1, 0.15) is 5.75 Å². The number of ether oxygens (including phenoxy) is 1. The molecule has 0 spiro atoms. The van der Waals surface area contributed by atoms with E-state index < -0.39 is 6.10 Å². The lowest BCUT2D eigenvalue weighted by atomic mass is 9.98. The zero-order valence-corrected chi connectivity index (χ0v) is 14.1. The van der Waals surface area contributed by atoms with Crippen LogP contribution in [0.5, 0.6) is 5.75 Å². The van der Waals surface area contributed by atoms with E-state index in [0.29, 0.717) is 12.5 Å². The van der Waals surface area contributed by atoms with Gasteiger partial charge in [0.2, 0.25) is 0 Å². The third-order valence-corrected chi connectivity index (χ3v) is 4.29. The van der Waals surface area contributed by atoms with Crippen molar-refractivity contribution in [1.29, 1.82) is 0 Å². The Morgan fingerprint density at radius 2 is 2.09 bits per heavy atom. The SMILES string of the molecule is Cc1cc(OC(C)C(=O)N2CCCC(N)C2)ccc1C(C)C. The maximum absolute atomic E-state index is 12.5. The van der Waals surface area contributed by atoms with E-state index in [-0.39, 0.29) is 11.9 Å². The quantitative estimate of drug-likeness (QED) is 0.930. The molecule has 0 saturated carbocycles. The van der Waals surface area contributed by atoms with Crippen molar-refractivity contribution < 1.29 is 9.53 Å². The number of piperidine rings is 1. The predicted molar refractivity (Wildman–Crippen MR) is 89.1 cm³/mol. The predicted octanol–water partition coefficient (Wildman–Crippen LogP) is 2.84. The summed E-state index contributed by atoms with van der Waals surface area (Å²) in [5.74, 6) is 1.27. The minimum atomic E-state index is -0.477. The van der Waals surface area contributed by atoms with Crippen LogP contribution in [0.2, 0.25) is 0 Å². The molecule has 1 amide bonds. The van der Waals surface area contributed by atoms with Gasteiger partial charge in [-0.05, 0) is 55.9 Å². The van der Waals surface area contributed by atoms with Crippen molar-refractivity contribution in [1.82, 2.24) is 4.90 Å². The first-order valence-electron chi connectivity index (χ1n) is 8.20. The molecule has 4 nitrogen and oxygen atoms in total. The first-order chi connectivity index (χ1) is 10.4. The summed E-state index contributed by atoms with van der Waals surface area (Å²) in [6.45, 7) is 9.67. The summed E-state index contributed by atoms with van der Waals surface area (Å²) in [4.78, 5) is 14.3. The van der Waals surface area contributed by atoms with Crippen molar-refractivity contribution in [2.45, 2.75) is 58.6 Å². The number of aryl methyl sites for hydroxylation is 1. The molecule has 1 aromatic carbocycles. The Morgan fingerprint density at radius 3 is 2.68 bits per heavy atom. The van der Waals surface area contributed by atoms with Gasteiger partial charge < -0.3 is 15.4 Å². The highest BCUT2D eigenvalue weighted by Crippen LogP contribution is 2.24. The van der Waals surface area contributed by atoms with E-state index in [1.165, 1.54) is 11.1 Å². The number of likely N-dealkylation sites (tertiary alicyclic amines) is 1. The summed E-state index contributed by atoms with van der Waals surface area (Å²) in [7, 11) is 0. The Kier molecular flexibility index (Phi) is 5.46. The smallest absolute Gasteiger partial charge is 0.263 e. The molecule has 0 aliphatic carbocycles. The van der Waals surface area contributed by atoms with Gasteiger partial charge in [0, 0.05) is 19.1 Å². The summed E-state index contributed by atoms with van der Waals surface area (Å²) < 4.78 is 5.85. The van der Waals surface area contributed by atoms with Gasteiger partial charge in [0.15, 0.2) is 6.10 Å². The molecule has 0 radical (unpaired) electrons. The van der Waals surface area contributed by atoms with E-state index in [2.05, 4.69) is 26.8 Å². The number of carbonyl (C=O) groups is 1. The van der Waals surface area contributed by atoms with Gasteiger partial charge >= 0.3 is 0 Å². The fourth-order valence-electron chi connectivity index (χ4n) is 3.09. The van der Waals surface area contributed by atoms with Crippen LogP contribution in [-0.2, 0) is 4.79 Å². The van der Waals surface area contributed by atoms with Gasteiger partial charge in [-0.25, -0.2) is 0 Å².